The lowest BCUT2D eigenvalue weighted by molar-refractivity contribution is -0.148. The summed E-state index contributed by atoms with van der Waals surface area (Å²) in [5, 5.41) is 27.0. The van der Waals surface area contributed by atoms with E-state index in [4.69, 9.17) is 9.47 Å². The number of para-hydroxylation sites is 1. The van der Waals surface area contributed by atoms with Crippen LogP contribution in [0.3, 0.4) is 0 Å². The van der Waals surface area contributed by atoms with Crippen molar-refractivity contribution in [3.8, 4) is 11.5 Å². The second-order valence-corrected chi connectivity index (χ2v) is 16.7. The fraction of sp³-hybridized carbons (Fsp3) is 0.471. The number of aromatic hydroxyl groups is 1. The summed E-state index contributed by atoms with van der Waals surface area (Å²) in [6.07, 6.45) is 13.8. The largest absolute Gasteiger partial charge is 0.506 e. The minimum absolute atomic E-state index is 0.0389. The van der Waals surface area contributed by atoms with Crippen molar-refractivity contribution in [2.45, 2.75) is 118 Å². The van der Waals surface area contributed by atoms with Gasteiger partial charge in [-0.25, -0.2) is 9.59 Å². The summed E-state index contributed by atoms with van der Waals surface area (Å²) in [5.74, 6) is -2.27. The zero-order valence-corrected chi connectivity index (χ0v) is 38.5. The number of esters is 2. The van der Waals surface area contributed by atoms with E-state index in [9.17, 15) is 29.1 Å². The maximum absolute atomic E-state index is 14.5. The molecule has 0 bridgehead atoms. The molecule has 0 radical (unpaired) electrons. The summed E-state index contributed by atoms with van der Waals surface area (Å²) in [7, 11) is 0. The first kappa shape index (κ1) is 49.7. The van der Waals surface area contributed by atoms with Crippen molar-refractivity contribution in [2.24, 2.45) is 11.8 Å². The van der Waals surface area contributed by atoms with E-state index in [0.717, 1.165) is 36.9 Å². The van der Waals surface area contributed by atoms with Crippen molar-refractivity contribution in [3.05, 3.63) is 90.0 Å². The van der Waals surface area contributed by atoms with E-state index in [1.807, 2.05) is 19.9 Å². The van der Waals surface area contributed by atoms with Crippen LogP contribution in [0, 0.1) is 11.8 Å². The number of fused-ring (bicyclic) bond motifs is 2. The fourth-order valence-corrected chi connectivity index (χ4v) is 7.75. The molecule has 0 spiro atoms. The van der Waals surface area contributed by atoms with Gasteiger partial charge < -0.3 is 25.2 Å². The summed E-state index contributed by atoms with van der Waals surface area (Å²) >= 11 is 0. The van der Waals surface area contributed by atoms with Gasteiger partial charge in [-0.1, -0.05) is 133 Å². The zero-order valence-electron chi connectivity index (χ0n) is 38.5. The highest BCUT2D eigenvalue weighted by molar-refractivity contribution is 6.09. The Kier molecular flexibility index (Phi) is 19.8. The molecule has 1 aromatic heterocycles. The number of nitrogens with zero attached hydrogens (tertiary/aromatic N) is 4. The minimum atomic E-state index is -0.568. The number of rotatable bonds is 26. The molecule has 5 rings (SSSR count). The molecule has 14 nitrogen and oxygen atoms in total. The molecule has 0 aliphatic rings. The topological polar surface area (TPSA) is 182 Å². The van der Waals surface area contributed by atoms with E-state index >= 15 is 0 Å². The summed E-state index contributed by atoms with van der Waals surface area (Å²) in [6, 6.07) is 21.4. The molecule has 4 aromatic carbocycles. The van der Waals surface area contributed by atoms with Crippen molar-refractivity contribution >= 4 is 57.3 Å². The third kappa shape index (κ3) is 14.3. The number of aromatic nitrogens is 3. The molecule has 0 saturated heterocycles. The van der Waals surface area contributed by atoms with Gasteiger partial charge in [0.1, 0.15) is 22.5 Å². The molecule has 2 unspecified atom stereocenters. The van der Waals surface area contributed by atoms with Gasteiger partial charge in [0.15, 0.2) is 0 Å². The Bertz CT molecular complexity index is 2350. The van der Waals surface area contributed by atoms with Crippen molar-refractivity contribution in [1.82, 2.24) is 25.6 Å². The molecule has 2 atom stereocenters. The van der Waals surface area contributed by atoms with Gasteiger partial charge in [0.05, 0.1) is 29.3 Å². The predicted octanol–water partition coefficient (Wildman–Crippen LogP) is 10.1. The maximum atomic E-state index is 14.5. The Labute approximate surface area is 382 Å². The molecule has 0 aliphatic heterocycles. The number of amides is 3. The van der Waals surface area contributed by atoms with Crippen LogP contribution in [0.2, 0.25) is 0 Å². The SMILES string of the molecule is CCCCCCCCCCCCN(C(=O)n1nc2ccc(C(=O)Oc3ccccc3)cc2n1)c1cccc2c(O)c(C(=O)NCCNC(=O)C(CC)CC(C)C(=O)OCCCC)ccc12. The normalized spacial score (nSPS) is 12.1. The van der Waals surface area contributed by atoms with E-state index in [2.05, 4.69) is 27.8 Å². The van der Waals surface area contributed by atoms with Crippen molar-refractivity contribution in [3.63, 3.8) is 0 Å². The monoisotopic (exact) mass is 890 g/mol. The van der Waals surface area contributed by atoms with Crippen LogP contribution < -0.4 is 20.3 Å². The average Bonchev–Trinajstić information content (AvgIpc) is 3.75. The predicted molar refractivity (Wildman–Crippen MR) is 253 cm³/mol. The highest BCUT2D eigenvalue weighted by Crippen LogP contribution is 2.35. The van der Waals surface area contributed by atoms with E-state index in [1.54, 1.807) is 78.6 Å². The third-order valence-corrected chi connectivity index (χ3v) is 11.6. The lowest BCUT2D eigenvalue weighted by atomic mass is 9.93. The van der Waals surface area contributed by atoms with Gasteiger partial charge in [0.2, 0.25) is 5.91 Å². The molecule has 348 valence electrons. The molecule has 0 fully saturated rings. The number of phenols is 1. The van der Waals surface area contributed by atoms with E-state index in [1.165, 1.54) is 44.6 Å². The summed E-state index contributed by atoms with van der Waals surface area (Å²) in [6.45, 7) is 8.87. The zero-order chi connectivity index (χ0) is 46.6. The lowest BCUT2D eigenvalue weighted by Gasteiger charge is -2.24. The Morgan fingerprint density at radius 2 is 1.40 bits per heavy atom. The van der Waals surface area contributed by atoms with Gasteiger partial charge in [0, 0.05) is 36.3 Å². The molecular weight excluding hydrogens is 825 g/mol. The molecule has 5 aromatic rings. The van der Waals surface area contributed by atoms with Gasteiger partial charge >= 0.3 is 18.0 Å². The second-order valence-electron chi connectivity index (χ2n) is 16.7. The van der Waals surface area contributed by atoms with Crippen LogP contribution in [0.25, 0.3) is 21.8 Å². The van der Waals surface area contributed by atoms with Crippen molar-refractivity contribution < 1.29 is 38.6 Å². The second kappa shape index (κ2) is 25.8. The number of phenolic OH excluding ortho intramolecular Hbond substituents is 1. The number of hydrogen-bond donors (Lipinski definition) is 3. The minimum Gasteiger partial charge on any atom is -0.506 e. The molecule has 3 N–H and O–H groups in total. The quantitative estimate of drug-likeness (QED) is 0.0274. The Morgan fingerprint density at radius 1 is 0.723 bits per heavy atom. The third-order valence-electron chi connectivity index (χ3n) is 11.6. The Hall–Kier alpha value is -6.31. The first-order valence-electron chi connectivity index (χ1n) is 23.5. The average molecular weight is 891 g/mol. The highest BCUT2D eigenvalue weighted by atomic mass is 16.5. The van der Waals surface area contributed by atoms with Crippen LogP contribution in [-0.2, 0) is 14.3 Å². The summed E-state index contributed by atoms with van der Waals surface area (Å²) in [4.78, 5) is 68.8. The number of unbranched alkanes of at least 4 members (excludes halogenated alkanes) is 10. The van der Waals surface area contributed by atoms with Crippen LogP contribution in [0.15, 0.2) is 78.9 Å². The summed E-state index contributed by atoms with van der Waals surface area (Å²) < 4.78 is 10.8. The van der Waals surface area contributed by atoms with Gasteiger partial charge in [0.25, 0.3) is 5.91 Å². The Balaban J connectivity index is 1.28. The van der Waals surface area contributed by atoms with Crippen molar-refractivity contribution in [1.29, 1.82) is 0 Å². The molecule has 65 heavy (non-hydrogen) atoms. The number of benzene rings is 4. The first-order chi connectivity index (χ1) is 31.6. The molecular formula is C51H66N6O8. The standard InChI is InChI=1S/C51H66N6O8/c1-5-8-10-11-12-13-14-15-16-20-32-56(51(63)57-54-43-29-26-38(35-44(43)55-57)50(62)65-39-22-18-17-19-23-39)45-25-21-24-41-40(45)27-28-42(46(41)58)48(60)53-31-30-52-47(59)37(7-3)34-36(4)49(61)64-33-9-6-2/h17-19,21-29,35-37,58H,5-16,20,30-34H2,1-4H3,(H,52,59)(H,53,60). The molecule has 0 saturated carbocycles. The van der Waals surface area contributed by atoms with Gasteiger partial charge in [-0.05, 0) is 68.1 Å². The summed E-state index contributed by atoms with van der Waals surface area (Å²) in [5.41, 5.74) is 1.56. The number of ether oxygens (including phenoxy) is 2. The van der Waals surface area contributed by atoms with Crippen LogP contribution in [0.5, 0.6) is 11.5 Å². The fourth-order valence-electron chi connectivity index (χ4n) is 7.75. The molecule has 0 aliphatic carbocycles. The molecule has 3 amide bonds. The van der Waals surface area contributed by atoms with Gasteiger partial charge in [-0.2, -0.15) is 0 Å². The molecule has 1 heterocycles. The van der Waals surface area contributed by atoms with Crippen LogP contribution in [0.4, 0.5) is 10.5 Å². The smallest absolute Gasteiger partial charge is 0.366 e. The van der Waals surface area contributed by atoms with E-state index in [-0.39, 0.29) is 47.8 Å². The number of carbonyl (C=O) groups is 5. The molecule has 14 heteroatoms. The van der Waals surface area contributed by atoms with Crippen LogP contribution in [-0.4, -0.2) is 76.1 Å². The van der Waals surface area contributed by atoms with Gasteiger partial charge in [-0.15, -0.1) is 10.2 Å². The number of hydrogen-bond acceptors (Lipinski definition) is 10. The first-order valence-corrected chi connectivity index (χ1v) is 23.5. The van der Waals surface area contributed by atoms with Crippen LogP contribution >= 0.6 is 0 Å². The number of anilines is 1. The number of nitrogens with one attached hydrogen (secondary N) is 2. The maximum Gasteiger partial charge on any atom is 0.366 e. The number of carbonyl (C=O) groups excluding carboxylic acids is 5. The Morgan fingerprint density at radius 3 is 2.11 bits per heavy atom. The lowest BCUT2D eigenvalue weighted by Crippen LogP contribution is -2.38. The van der Waals surface area contributed by atoms with Crippen LogP contribution in [0.1, 0.15) is 138 Å². The van der Waals surface area contributed by atoms with E-state index < -0.39 is 23.8 Å². The van der Waals surface area contributed by atoms with Gasteiger partial charge in [-0.3, -0.25) is 19.3 Å². The highest BCUT2D eigenvalue weighted by Gasteiger charge is 2.26. The van der Waals surface area contributed by atoms with E-state index in [0.29, 0.717) is 65.7 Å². The van der Waals surface area contributed by atoms with Crippen molar-refractivity contribution in [2.75, 3.05) is 31.1 Å².